The Morgan fingerprint density at radius 3 is 2.52 bits per heavy atom. The highest BCUT2D eigenvalue weighted by atomic mass is 16.5. The van der Waals surface area contributed by atoms with E-state index in [0.29, 0.717) is 25.3 Å². The summed E-state index contributed by atoms with van der Waals surface area (Å²) in [7, 11) is 1.61. The van der Waals surface area contributed by atoms with Gasteiger partial charge >= 0.3 is 0 Å². The average molecular weight is 367 g/mol. The van der Waals surface area contributed by atoms with E-state index < -0.39 is 6.04 Å². The summed E-state index contributed by atoms with van der Waals surface area (Å²) in [5.74, 6) is 1.32. The van der Waals surface area contributed by atoms with Gasteiger partial charge in [0.1, 0.15) is 30.5 Å². The molecule has 3 aromatic rings. The van der Waals surface area contributed by atoms with Gasteiger partial charge in [0.25, 0.3) is 0 Å². The Morgan fingerprint density at radius 1 is 1.11 bits per heavy atom. The van der Waals surface area contributed by atoms with Gasteiger partial charge in [0.05, 0.1) is 13.7 Å². The van der Waals surface area contributed by atoms with Crippen LogP contribution in [0.3, 0.4) is 0 Å². The number of carbonyl (C=O) groups excluding carboxylic acids is 1. The molecular formula is C19H21N5O3. The maximum Gasteiger partial charge on any atom is 0.245 e. The van der Waals surface area contributed by atoms with Crippen LogP contribution in [0, 0.1) is 0 Å². The molecule has 1 amide bonds. The van der Waals surface area contributed by atoms with Crippen LogP contribution < -0.4 is 14.8 Å². The van der Waals surface area contributed by atoms with Gasteiger partial charge in [-0.05, 0) is 40.3 Å². The summed E-state index contributed by atoms with van der Waals surface area (Å²) in [5.41, 5.74) is 1.03. The number of ether oxygens (including phenoxy) is 2. The largest absolute Gasteiger partial charge is 0.497 e. The van der Waals surface area contributed by atoms with Gasteiger partial charge in [0, 0.05) is 6.42 Å². The zero-order valence-corrected chi connectivity index (χ0v) is 15.0. The summed E-state index contributed by atoms with van der Waals surface area (Å²) in [5, 5.41) is 14.0. The van der Waals surface area contributed by atoms with Crippen molar-refractivity contribution in [1.82, 2.24) is 25.5 Å². The Morgan fingerprint density at radius 2 is 1.85 bits per heavy atom. The van der Waals surface area contributed by atoms with E-state index in [2.05, 4.69) is 20.8 Å². The molecule has 2 aromatic carbocycles. The number of hydrogen-bond acceptors (Lipinski definition) is 6. The summed E-state index contributed by atoms with van der Waals surface area (Å²) in [4.78, 5) is 12.6. The Labute approximate surface area is 157 Å². The number of aromatic nitrogens is 4. The Hall–Kier alpha value is -3.42. The molecule has 0 aliphatic carbocycles. The van der Waals surface area contributed by atoms with Gasteiger partial charge < -0.3 is 14.8 Å². The summed E-state index contributed by atoms with van der Waals surface area (Å²) >= 11 is 0. The fourth-order valence-corrected chi connectivity index (χ4v) is 2.59. The third-order valence-corrected chi connectivity index (χ3v) is 3.99. The van der Waals surface area contributed by atoms with Crippen LogP contribution in [0.15, 0.2) is 60.9 Å². The van der Waals surface area contributed by atoms with Crippen LogP contribution in [0.4, 0.5) is 0 Å². The molecule has 8 heteroatoms. The molecule has 0 bridgehead atoms. The number of benzene rings is 2. The van der Waals surface area contributed by atoms with Crippen molar-refractivity contribution in [2.45, 2.75) is 12.5 Å². The lowest BCUT2D eigenvalue weighted by atomic mass is 10.1. The normalized spacial score (nSPS) is 11.6. The summed E-state index contributed by atoms with van der Waals surface area (Å²) in [6.45, 7) is 0.726. The molecule has 1 aromatic heterocycles. The first-order valence-corrected chi connectivity index (χ1v) is 8.57. The minimum Gasteiger partial charge on any atom is -0.497 e. The van der Waals surface area contributed by atoms with Crippen molar-refractivity contribution >= 4 is 5.91 Å². The lowest BCUT2D eigenvalue weighted by Crippen LogP contribution is -2.36. The molecule has 0 saturated heterocycles. The molecule has 0 aliphatic heterocycles. The molecule has 0 aliphatic rings. The Balaban J connectivity index is 1.53. The summed E-state index contributed by atoms with van der Waals surface area (Å²) in [6, 6.07) is 16.5. The van der Waals surface area contributed by atoms with Crippen LogP contribution in [-0.4, -0.2) is 46.4 Å². The van der Waals surface area contributed by atoms with E-state index in [1.165, 1.54) is 11.0 Å². The van der Waals surface area contributed by atoms with E-state index in [9.17, 15) is 4.79 Å². The molecule has 0 spiro atoms. The van der Waals surface area contributed by atoms with Crippen LogP contribution in [-0.2, 0) is 11.2 Å². The monoisotopic (exact) mass is 367 g/mol. The molecule has 1 atom stereocenters. The fourth-order valence-electron chi connectivity index (χ4n) is 2.59. The van der Waals surface area contributed by atoms with Gasteiger partial charge in [-0.25, -0.2) is 4.68 Å². The zero-order valence-electron chi connectivity index (χ0n) is 15.0. The van der Waals surface area contributed by atoms with Crippen LogP contribution in [0.2, 0.25) is 0 Å². The fraction of sp³-hybridized carbons (Fsp3) is 0.263. The van der Waals surface area contributed by atoms with Gasteiger partial charge in [0.2, 0.25) is 5.91 Å². The number of tetrazole rings is 1. The Kier molecular flexibility index (Phi) is 6.35. The van der Waals surface area contributed by atoms with E-state index in [4.69, 9.17) is 9.47 Å². The topological polar surface area (TPSA) is 91.2 Å². The van der Waals surface area contributed by atoms with Crippen molar-refractivity contribution < 1.29 is 14.3 Å². The second-order valence-electron chi connectivity index (χ2n) is 5.81. The Bertz CT molecular complexity index is 822. The van der Waals surface area contributed by atoms with Crippen molar-refractivity contribution in [2.24, 2.45) is 0 Å². The van der Waals surface area contributed by atoms with Crippen molar-refractivity contribution in [2.75, 3.05) is 20.3 Å². The van der Waals surface area contributed by atoms with E-state index in [1.54, 1.807) is 7.11 Å². The van der Waals surface area contributed by atoms with Crippen molar-refractivity contribution in [3.05, 3.63) is 66.5 Å². The van der Waals surface area contributed by atoms with Gasteiger partial charge in [-0.3, -0.25) is 4.79 Å². The molecule has 0 fully saturated rings. The number of carbonyl (C=O) groups is 1. The predicted molar refractivity (Wildman–Crippen MR) is 98.5 cm³/mol. The average Bonchev–Trinajstić information content (AvgIpc) is 3.25. The van der Waals surface area contributed by atoms with E-state index in [1.807, 2.05) is 54.6 Å². The second-order valence-corrected chi connectivity index (χ2v) is 5.81. The molecule has 0 radical (unpaired) electrons. The maximum atomic E-state index is 12.6. The maximum absolute atomic E-state index is 12.6. The second kappa shape index (κ2) is 9.33. The lowest BCUT2D eigenvalue weighted by Gasteiger charge is -2.16. The molecule has 27 heavy (non-hydrogen) atoms. The van der Waals surface area contributed by atoms with Gasteiger partial charge in [-0.1, -0.05) is 30.3 Å². The van der Waals surface area contributed by atoms with Gasteiger partial charge in [-0.2, -0.15) is 0 Å². The quantitative estimate of drug-likeness (QED) is 0.579. The van der Waals surface area contributed by atoms with Crippen molar-refractivity contribution in [3.8, 4) is 11.5 Å². The first-order valence-electron chi connectivity index (χ1n) is 8.57. The minimum atomic E-state index is -0.525. The molecule has 1 unspecified atom stereocenters. The molecule has 1 heterocycles. The van der Waals surface area contributed by atoms with Crippen molar-refractivity contribution in [3.63, 3.8) is 0 Å². The highest BCUT2D eigenvalue weighted by molar-refractivity contribution is 5.80. The number of amides is 1. The molecule has 3 rings (SSSR count). The lowest BCUT2D eigenvalue weighted by molar-refractivity contribution is -0.124. The minimum absolute atomic E-state index is 0.163. The first-order chi connectivity index (χ1) is 13.3. The standard InChI is InChI=1S/C19H21N5O3/c1-26-16-7-9-17(10-8-16)27-12-11-20-19(25)18(24-14-21-22-23-24)13-15-5-3-2-4-6-15/h2-10,14,18H,11-13H2,1H3,(H,20,25). The number of nitrogens with zero attached hydrogens (tertiary/aromatic N) is 4. The van der Waals surface area contributed by atoms with Crippen molar-refractivity contribution in [1.29, 1.82) is 0 Å². The molecule has 140 valence electrons. The summed E-state index contributed by atoms with van der Waals surface area (Å²) < 4.78 is 12.2. The van der Waals surface area contributed by atoms with Gasteiger partial charge in [0.15, 0.2) is 0 Å². The zero-order chi connectivity index (χ0) is 18.9. The number of methoxy groups -OCH3 is 1. The summed E-state index contributed by atoms with van der Waals surface area (Å²) in [6.07, 6.45) is 1.94. The van der Waals surface area contributed by atoms with Crippen LogP contribution in [0.5, 0.6) is 11.5 Å². The molecule has 0 saturated carbocycles. The SMILES string of the molecule is COc1ccc(OCCNC(=O)C(Cc2ccccc2)n2cnnn2)cc1. The van der Waals surface area contributed by atoms with Crippen LogP contribution in [0.25, 0.3) is 0 Å². The number of nitrogens with one attached hydrogen (secondary N) is 1. The van der Waals surface area contributed by atoms with E-state index >= 15 is 0 Å². The van der Waals surface area contributed by atoms with Gasteiger partial charge in [-0.15, -0.1) is 5.10 Å². The smallest absolute Gasteiger partial charge is 0.245 e. The molecule has 8 nitrogen and oxygen atoms in total. The number of rotatable bonds is 9. The molecule has 1 N–H and O–H groups in total. The highest BCUT2D eigenvalue weighted by Crippen LogP contribution is 2.17. The van der Waals surface area contributed by atoms with Crippen LogP contribution in [0.1, 0.15) is 11.6 Å². The first kappa shape index (κ1) is 18.4. The van der Waals surface area contributed by atoms with Crippen LogP contribution >= 0.6 is 0 Å². The number of hydrogen-bond donors (Lipinski definition) is 1. The van der Waals surface area contributed by atoms with E-state index in [0.717, 1.165) is 11.3 Å². The van der Waals surface area contributed by atoms with E-state index in [-0.39, 0.29) is 5.91 Å². The third-order valence-electron chi connectivity index (χ3n) is 3.99. The third kappa shape index (κ3) is 5.27. The molecular weight excluding hydrogens is 346 g/mol. The predicted octanol–water partition coefficient (Wildman–Crippen LogP) is 1.66. The highest BCUT2D eigenvalue weighted by Gasteiger charge is 2.21.